The first kappa shape index (κ1) is 25.1. The van der Waals surface area contributed by atoms with Crippen molar-refractivity contribution in [3.63, 3.8) is 0 Å². The number of benzene rings is 4. The highest BCUT2D eigenvalue weighted by molar-refractivity contribution is 7.80. The van der Waals surface area contributed by atoms with Crippen LogP contribution in [-0.4, -0.2) is 15.9 Å². The maximum atomic E-state index is 13.8. The van der Waals surface area contributed by atoms with E-state index in [4.69, 9.17) is 12.2 Å². The molecule has 4 nitrogen and oxygen atoms in total. The molecule has 0 saturated heterocycles. The summed E-state index contributed by atoms with van der Waals surface area (Å²) in [6.07, 6.45) is -3.38. The van der Waals surface area contributed by atoms with E-state index in [1.807, 2.05) is 30.3 Å². The number of nitrogens with one attached hydrogen (secondary N) is 2. The number of para-hydroxylation sites is 2. The number of pyridine rings is 1. The van der Waals surface area contributed by atoms with Crippen molar-refractivity contribution in [2.45, 2.75) is 6.18 Å². The first-order valence-electron chi connectivity index (χ1n) is 11.6. The Morgan fingerprint density at radius 1 is 0.763 bits per heavy atom. The van der Waals surface area contributed by atoms with Crippen LogP contribution in [0.2, 0.25) is 0 Å². The van der Waals surface area contributed by atoms with E-state index in [2.05, 4.69) is 15.6 Å². The molecule has 0 aliphatic heterocycles. The molecule has 5 rings (SSSR count). The summed E-state index contributed by atoms with van der Waals surface area (Å²) in [6.45, 7) is 0. The molecule has 0 aliphatic rings. The van der Waals surface area contributed by atoms with E-state index < -0.39 is 11.7 Å². The van der Waals surface area contributed by atoms with Crippen molar-refractivity contribution >= 4 is 45.4 Å². The largest absolute Gasteiger partial charge is 0.418 e. The van der Waals surface area contributed by atoms with Gasteiger partial charge in [0.15, 0.2) is 10.9 Å². The van der Waals surface area contributed by atoms with Gasteiger partial charge >= 0.3 is 6.18 Å². The average Bonchev–Trinajstić information content (AvgIpc) is 2.92. The number of hydrogen-bond acceptors (Lipinski definition) is 3. The molecule has 0 aliphatic carbocycles. The number of ketones is 1. The second kappa shape index (κ2) is 10.4. The number of rotatable bonds is 5. The summed E-state index contributed by atoms with van der Waals surface area (Å²) in [7, 11) is 0. The van der Waals surface area contributed by atoms with Gasteiger partial charge in [0, 0.05) is 39.6 Å². The van der Waals surface area contributed by atoms with Crippen molar-refractivity contribution in [1.29, 1.82) is 0 Å². The Balaban J connectivity index is 1.62. The molecule has 1 heterocycles. The van der Waals surface area contributed by atoms with Crippen LogP contribution in [0.25, 0.3) is 22.0 Å². The van der Waals surface area contributed by atoms with E-state index in [9.17, 15) is 18.0 Å². The van der Waals surface area contributed by atoms with Crippen LogP contribution in [0.5, 0.6) is 0 Å². The Bertz CT molecular complexity index is 1640. The van der Waals surface area contributed by atoms with Gasteiger partial charge in [-0.15, -0.1) is 0 Å². The Morgan fingerprint density at radius 2 is 1.39 bits per heavy atom. The summed E-state index contributed by atoms with van der Waals surface area (Å²) in [5, 5.41) is 6.76. The van der Waals surface area contributed by atoms with E-state index in [1.165, 1.54) is 12.3 Å². The minimum Gasteiger partial charge on any atom is -0.332 e. The molecule has 38 heavy (non-hydrogen) atoms. The average molecular weight is 528 g/mol. The number of carbonyl (C=O) groups excluding carboxylic acids is 1. The SMILES string of the molecule is O=C(c1ccccc1)c1cnc2c(C(F)(F)F)cccc2c1-c1cccc(NC(=S)Nc2ccccc2)c1. The van der Waals surface area contributed by atoms with Crippen molar-refractivity contribution in [3.8, 4) is 11.1 Å². The minimum atomic E-state index is -4.60. The maximum absolute atomic E-state index is 13.8. The predicted molar refractivity (Wildman–Crippen MR) is 148 cm³/mol. The molecule has 0 bridgehead atoms. The summed E-state index contributed by atoms with van der Waals surface area (Å²) in [6, 6.07) is 28.8. The highest BCUT2D eigenvalue weighted by Gasteiger charge is 2.34. The Kier molecular flexibility index (Phi) is 6.89. The van der Waals surface area contributed by atoms with Gasteiger partial charge in [0.25, 0.3) is 0 Å². The molecule has 2 N–H and O–H groups in total. The minimum absolute atomic E-state index is 0.199. The number of anilines is 2. The lowest BCUT2D eigenvalue weighted by molar-refractivity contribution is -0.136. The summed E-state index contributed by atoms with van der Waals surface area (Å²) in [5.41, 5.74) is 1.83. The van der Waals surface area contributed by atoms with Crippen LogP contribution < -0.4 is 10.6 Å². The monoisotopic (exact) mass is 527 g/mol. The van der Waals surface area contributed by atoms with Crippen LogP contribution in [-0.2, 0) is 6.18 Å². The molecule has 0 saturated carbocycles. The van der Waals surface area contributed by atoms with Gasteiger partial charge in [-0.2, -0.15) is 13.2 Å². The molecular formula is C30H20F3N3OS. The van der Waals surface area contributed by atoms with Crippen molar-refractivity contribution in [3.05, 3.63) is 126 Å². The summed E-state index contributed by atoms with van der Waals surface area (Å²) >= 11 is 5.43. The van der Waals surface area contributed by atoms with Crippen molar-refractivity contribution in [2.24, 2.45) is 0 Å². The first-order valence-corrected chi connectivity index (χ1v) is 12.0. The lowest BCUT2D eigenvalue weighted by Crippen LogP contribution is -2.19. The fourth-order valence-electron chi connectivity index (χ4n) is 4.25. The third-order valence-corrected chi connectivity index (χ3v) is 6.13. The summed E-state index contributed by atoms with van der Waals surface area (Å²) in [5.74, 6) is -0.341. The third kappa shape index (κ3) is 5.26. The van der Waals surface area contributed by atoms with Crippen LogP contribution in [0, 0.1) is 0 Å². The van der Waals surface area contributed by atoms with E-state index in [-0.39, 0.29) is 22.2 Å². The number of aromatic nitrogens is 1. The third-order valence-electron chi connectivity index (χ3n) is 5.92. The molecule has 0 atom stereocenters. The smallest absolute Gasteiger partial charge is 0.332 e. The molecule has 0 unspecified atom stereocenters. The number of carbonyl (C=O) groups is 1. The Morgan fingerprint density at radius 3 is 2.11 bits per heavy atom. The molecule has 0 amide bonds. The quantitative estimate of drug-likeness (QED) is 0.179. The lowest BCUT2D eigenvalue weighted by Gasteiger charge is -2.17. The van der Waals surface area contributed by atoms with E-state index in [0.717, 1.165) is 11.8 Å². The molecule has 5 aromatic rings. The van der Waals surface area contributed by atoms with Gasteiger partial charge in [-0.05, 0) is 48.1 Å². The number of hydrogen-bond donors (Lipinski definition) is 2. The summed E-state index contributed by atoms with van der Waals surface area (Å²) in [4.78, 5) is 17.6. The van der Waals surface area contributed by atoms with Gasteiger partial charge in [-0.1, -0.05) is 72.8 Å². The van der Waals surface area contributed by atoms with Gasteiger partial charge in [0.05, 0.1) is 11.1 Å². The molecule has 0 fully saturated rings. The summed E-state index contributed by atoms with van der Waals surface area (Å²) < 4.78 is 41.5. The Labute approximate surface area is 222 Å². The van der Waals surface area contributed by atoms with Gasteiger partial charge in [-0.3, -0.25) is 9.78 Å². The van der Waals surface area contributed by atoms with Crippen LogP contribution in [0.4, 0.5) is 24.5 Å². The molecule has 188 valence electrons. The highest BCUT2D eigenvalue weighted by atomic mass is 32.1. The maximum Gasteiger partial charge on any atom is 0.418 e. The fourth-order valence-corrected chi connectivity index (χ4v) is 4.48. The second-order valence-corrected chi connectivity index (χ2v) is 8.88. The molecule has 8 heteroatoms. The van der Waals surface area contributed by atoms with Crippen LogP contribution >= 0.6 is 12.2 Å². The van der Waals surface area contributed by atoms with Crippen LogP contribution in [0.3, 0.4) is 0 Å². The normalized spacial score (nSPS) is 11.2. The Hall–Kier alpha value is -4.56. The van der Waals surface area contributed by atoms with Crippen molar-refractivity contribution < 1.29 is 18.0 Å². The molecule has 0 spiro atoms. The zero-order valence-corrected chi connectivity index (χ0v) is 20.6. The van der Waals surface area contributed by atoms with Gasteiger partial charge < -0.3 is 10.6 Å². The second-order valence-electron chi connectivity index (χ2n) is 8.47. The molecule has 0 radical (unpaired) electrons. The van der Waals surface area contributed by atoms with Crippen molar-refractivity contribution in [2.75, 3.05) is 10.6 Å². The first-order chi connectivity index (χ1) is 18.3. The predicted octanol–water partition coefficient (Wildman–Crippen LogP) is 7.96. The van der Waals surface area contributed by atoms with E-state index in [1.54, 1.807) is 60.7 Å². The van der Waals surface area contributed by atoms with Gasteiger partial charge in [0.1, 0.15) is 0 Å². The molecule has 1 aromatic heterocycles. The number of nitrogens with zero attached hydrogens (tertiary/aromatic N) is 1. The molecule has 4 aromatic carbocycles. The van der Waals surface area contributed by atoms with Gasteiger partial charge in [0.2, 0.25) is 0 Å². The zero-order valence-electron chi connectivity index (χ0n) is 19.8. The lowest BCUT2D eigenvalue weighted by atomic mass is 9.91. The topological polar surface area (TPSA) is 54.0 Å². The standard InChI is InChI=1S/C30H20F3N3OS/c31-30(32,33)25-16-8-15-23-26(24(18-34-27(23)25)28(37)19-9-3-1-4-10-19)20-11-7-14-22(17-20)36-29(38)35-21-12-5-2-6-13-21/h1-18H,(H2,35,36,38). The number of halogens is 3. The van der Waals surface area contributed by atoms with E-state index >= 15 is 0 Å². The molecular weight excluding hydrogens is 507 g/mol. The number of fused-ring (bicyclic) bond motifs is 1. The van der Waals surface area contributed by atoms with Gasteiger partial charge in [-0.25, -0.2) is 0 Å². The highest BCUT2D eigenvalue weighted by Crippen LogP contribution is 2.39. The number of alkyl halides is 3. The number of thiocarbonyl (C=S) groups is 1. The van der Waals surface area contributed by atoms with Crippen LogP contribution in [0.1, 0.15) is 21.5 Å². The zero-order chi connectivity index (χ0) is 26.7. The van der Waals surface area contributed by atoms with E-state index in [0.29, 0.717) is 27.5 Å². The van der Waals surface area contributed by atoms with Crippen molar-refractivity contribution in [1.82, 2.24) is 4.98 Å². The van der Waals surface area contributed by atoms with Crippen LogP contribution in [0.15, 0.2) is 109 Å². The fraction of sp³-hybridized carbons (Fsp3) is 0.0333.